The van der Waals surface area contributed by atoms with Gasteiger partial charge >= 0.3 is 0 Å². The highest BCUT2D eigenvalue weighted by molar-refractivity contribution is 5.91. The molecule has 0 unspecified atom stereocenters. The first-order chi connectivity index (χ1) is 15.1. The maximum atomic E-state index is 13.1. The molecule has 0 bridgehead atoms. The summed E-state index contributed by atoms with van der Waals surface area (Å²) in [6.45, 7) is 0.287. The fourth-order valence-corrected chi connectivity index (χ4v) is 3.33. The molecule has 4 rings (SSSR count). The van der Waals surface area contributed by atoms with Gasteiger partial charge in [0.05, 0.1) is 23.7 Å². The van der Waals surface area contributed by atoms with E-state index in [-0.39, 0.29) is 12.4 Å². The molecule has 0 saturated heterocycles. The zero-order valence-electron chi connectivity index (χ0n) is 17.2. The smallest absolute Gasteiger partial charge is 0.161 e. The van der Waals surface area contributed by atoms with E-state index in [1.807, 2.05) is 41.9 Å². The predicted octanol–water partition coefficient (Wildman–Crippen LogP) is 5.36. The number of nitrogens with zero attached hydrogens (tertiary/aromatic N) is 3. The first-order valence-electron chi connectivity index (χ1n) is 9.68. The Bertz CT molecular complexity index is 1300. The molecule has 3 aromatic carbocycles. The minimum absolute atomic E-state index is 0.286. The van der Waals surface area contributed by atoms with E-state index in [0.29, 0.717) is 22.9 Å². The number of benzene rings is 3. The van der Waals surface area contributed by atoms with Gasteiger partial charge in [0.2, 0.25) is 0 Å². The normalized spacial score (nSPS) is 11.4. The number of rotatable bonds is 6. The molecule has 1 heterocycles. The minimum Gasteiger partial charge on any atom is -0.493 e. The van der Waals surface area contributed by atoms with Crippen molar-refractivity contribution in [1.82, 2.24) is 9.55 Å². The number of hydrogen-bond acceptors (Lipinski definition) is 4. The van der Waals surface area contributed by atoms with Gasteiger partial charge in [-0.2, -0.15) is 5.26 Å². The molecule has 0 N–H and O–H groups in total. The van der Waals surface area contributed by atoms with Crippen LogP contribution in [-0.4, -0.2) is 16.7 Å². The van der Waals surface area contributed by atoms with Gasteiger partial charge in [-0.3, -0.25) is 0 Å². The molecule has 0 radical (unpaired) electrons. The third-order valence-corrected chi connectivity index (χ3v) is 4.95. The van der Waals surface area contributed by atoms with Crippen molar-refractivity contribution >= 4 is 22.7 Å². The standard InChI is InChI=1S/C25H20FN3O2/c1-29-22-6-4-3-5-21(22)28-25(29)19(15-27)13-18-9-12-23(24(14-18)30-2)31-16-17-7-10-20(26)11-8-17/h3-14H,16H2,1-2H3. The van der Waals surface area contributed by atoms with Gasteiger partial charge in [0.15, 0.2) is 17.3 Å². The molecular formula is C25H20FN3O2. The number of para-hydroxylation sites is 2. The molecule has 4 aromatic rings. The average Bonchev–Trinajstić information content (AvgIpc) is 3.14. The molecule has 6 heteroatoms. The molecule has 0 spiro atoms. The summed E-state index contributed by atoms with van der Waals surface area (Å²) in [5.74, 6) is 1.41. The first-order valence-corrected chi connectivity index (χ1v) is 9.68. The molecule has 0 fully saturated rings. The van der Waals surface area contributed by atoms with Crippen molar-refractivity contribution in [3.8, 4) is 17.6 Å². The van der Waals surface area contributed by atoms with Crippen LogP contribution in [0.3, 0.4) is 0 Å². The fourth-order valence-electron chi connectivity index (χ4n) is 3.33. The van der Waals surface area contributed by atoms with Crippen molar-refractivity contribution in [3.05, 3.63) is 89.5 Å². The van der Waals surface area contributed by atoms with E-state index in [0.717, 1.165) is 22.2 Å². The second kappa shape index (κ2) is 8.72. The van der Waals surface area contributed by atoms with Crippen molar-refractivity contribution < 1.29 is 13.9 Å². The molecule has 0 saturated carbocycles. The number of fused-ring (bicyclic) bond motifs is 1. The molecule has 154 valence electrons. The Hall–Kier alpha value is -4.11. The summed E-state index contributed by atoms with van der Waals surface area (Å²) in [5.41, 5.74) is 3.88. The maximum absolute atomic E-state index is 13.1. The number of ether oxygens (including phenoxy) is 2. The van der Waals surface area contributed by atoms with Gasteiger partial charge in [0.1, 0.15) is 18.5 Å². The summed E-state index contributed by atoms with van der Waals surface area (Å²) >= 11 is 0. The summed E-state index contributed by atoms with van der Waals surface area (Å²) in [6, 6.07) is 21.6. The summed E-state index contributed by atoms with van der Waals surface area (Å²) in [4.78, 5) is 4.60. The quantitative estimate of drug-likeness (QED) is 0.399. The Balaban J connectivity index is 1.61. The lowest BCUT2D eigenvalue weighted by atomic mass is 10.1. The number of allylic oxidation sites excluding steroid dienone is 1. The van der Waals surface area contributed by atoms with Crippen LogP contribution in [0, 0.1) is 17.1 Å². The fraction of sp³-hybridized carbons (Fsp3) is 0.120. The van der Waals surface area contributed by atoms with Gasteiger partial charge in [-0.1, -0.05) is 30.3 Å². The molecule has 0 atom stereocenters. The van der Waals surface area contributed by atoms with Crippen LogP contribution in [0.1, 0.15) is 17.0 Å². The van der Waals surface area contributed by atoms with Crippen molar-refractivity contribution in [2.45, 2.75) is 6.61 Å². The topological polar surface area (TPSA) is 60.1 Å². The number of imidazole rings is 1. The zero-order chi connectivity index (χ0) is 21.8. The summed E-state index contributed by atoms with van der Waals surface area (Å²) in [6.07, 6.45) is 1.77. The van der Waals surface area contributed by atoms with E-state index in [1.165, 1.54) is 12.1 Å². The summed E-state index contributed by atoms with van der Waals surface area (Å²) in [5, 5.41) is 9.75. The van der Waals surface area contributed by atoms with E-state index in [9.17, 15) is 9.65 Å². The van der Waals surface area contributed by atoms with E-state index in [2.05, 4.69) is 11.1 Å². The highest BCUT2D eigenvalue weighted by Gasteiger charge is 2.13. The lowest BCUT2D eigenvalue weighted by molar-refractivity contribution is 0.284. The number of hydrogen-bond donors (Lipinski definition) is 0. The van der Waals surface area contributed by atoms with Crippen LogP contribution in [0.2, 0.25) is 0 Å². The van der Waals surface area contributed by atoms with Gasteiger partial charge < -0.3 is 14.0 Å². The van der Waals surface area contributed by atoms with Crippen LogP contribution in [0.4, 0.5) is 4.39 Å². The Kier molecular flexibility index (Phi) is 5.67. The SMILES string of the molecule is COc1cc(C=C(C#N)c2nc3ccccc3n2C)ccc1OCc1ccc(F)cc1. The van der Waals surface area contributed by atoms with Crippen LogP contribution in [0.5, 0.6) is 11.5 Å². The molecular weight excluding hydrogens is 393 g/mol. The van der Waals surface area contributed by atoms with Gasteiger partial charge in [-0.15, -0.1) is 0 Å². The monoisotopic (exact) mass is 413 g/mol. The van der Waals surface area contributed by atoms with E-state index >= 15 is 0 Å². The Labute approximate surface area is 179 Å². The molecule has 1 aromatic heterocycles. The Morgan fingerprint density at radius 2 is 1.87 bits per heavy atom. The second-order valence-electron chi connectivity index (χ2n) is 6.98. The summed E-state index contributed by atoms with van der Waals surface area (Å²) < 4.78 is 26.3. The van der Waals surface area contributed by atoms with Crippen molar-refractivity contribution in [2.75, 3.05) is 7.11 Å². The zero-order valence-corrected chi connectivity index (χ0v) is 17.2. The van der Waals surface area contributed by atoms with Crippen LogP contribution in [0.15, 0.2) is 66.7 Å². The van der Waals surface area contributed by atoms with Gasteiger partial charge in [0, 0.05) is 7.05 Å². The van der Waals surface area contributed by atoms with E-state index < -0.39 is 0 Å². The molecule has 0 aliphatic carbocycles. The predicted molar refractivity (Wildman–Crippen MR) is 118 cm³/mol. The Morgan fingerprint density at radius 3 is 2.58 bits per heavy atom. The van der Waals surface area contributed by atoms with E-state index in [4.69, 9.17) is 9.47 Å². The lowest BCUT2D eigenvalue weighted by Crippen LogP contribution is -1.98. The van der Waals surface area contributed by atoms with Crippen molar-refractivity contribution in [1.29, 1.82) is 5.26 Å². The van der Waals surface area contributed by atoms with Crippen LogP contribution in [0.25, 0.3) is 22.7 Å². The highest BCUT2D eigenvalue weighted by Crippen LogP contribution is 2.31. The van der Waals surface area contributed by atoms with Crippen LogP contribution in [-0.2, 0) is 13.7 Å². The second-order valence-corrected chi connectivity index (χ2v) is 6.98. The number of methoxy groups -OCH3 is 1. The number of aromatic nitrogens is 2. The van der Waals surface area contributed by atoms with Crippen molar-refractivity contribution in [2.24, 2.45) is 7.05 Å². The lowest BCUT2D eigenvalue weighted by Gasteiger charge is -2.11. The first kappa shape index (κ1) is 20.2. The third-order valence-electron chi connectivity index (χ3n) is 4.95. The molecule has 0 aliphatic rings. The Morgan fingerprint density at radius 1 is 1.10 bits per heavy atom. The molecule has 5 nitrogen and oxygen atoms in total. The van der Waals surface area contributed by atoms with Gasteiger partial charge in [-0.25, -0.2) is 9.37 Å². The van der Waals surface area contributed by atoms with Gasteiger partial charge in [0.25, 0.3) is 0 Å². The average molecular weight is 413 g/mol. The number of halogens is 1. The maximum Gasteiger partial charge on any atom is 0.161 e. The number of aryl methyl sites for hydroxylation is 1. The summed E-state index contributed by atoms with van der Waals surface area (Å²) in [7, 11) is 3.45. The third kappa shape index (κ3) is 4.26. The van der Waals surface area contributed by atoms with Crippen LogP contribution >= 0.6 is 0 Å². The largest absolute Gasteiger partial charge is 0.493 e. The molecule has 0 aliphatic heterocycles. The highest BCUT2D eigenvalue weighted by atomic mass is 19.1. The number of nitriles is 1. The molecule has 31 heavy (non-hydrogen) atoms. The minimum atomic E-state index is -0.286. The van der Waals surface area contributed by atoms with E-state index in [1.54, 1.807) is 37.5 Å². The van der Waals surface area contributed by atoms with Gasteiger partial charge in [-0.05, 0) is 53.6 Å². The van der Waals surface area contributed by atoms with Crippen LogP contribution < -0.4 is 9.47 Å². The van der Waals surface area contributed by atoms with Crippen molar-refractivity contribution in [3.63, 3.8) is 0 Å². The molecule has 0 amide bonds.